The number of aromatic nitrogens is 1. The van der Waals surface area contributed by atoms with Gasteiger partial charge < -0.3 is 5.11 Å². The van der Waals surface area contributed by atoms with E-state index in [1.54, 1.807) is 31.3 Å². The zero-order valence-electron chi connectivity index (χ0n) is 9.85. The molecule has 1 N–H and O–H groups in total. The van der Waals surface area contributed by atoms with Gasteiger partial charge in [-0.15, -0.1) is 0 Å². The van der Waals surface area contributed by atoms with Crippen molar-refractivity contribution in [2.24, 2.45) is 0 Å². The van der Waals surface area contributed by atoms with Crippen molar-refractivity contribution in [2.45, 2.75) is 18.9 Å². The number of aliphatic hydroxyl groups excluding tert-OH is 1. The summed E-state index contributed by atoms with van der Waals surface area (Å²) >= 11 is 0. The maximum absolute atomic E-state index is 13.6. The molecular weight excluding hydrogens is 236 g/mol. The molecule has 2 nitrogen and oxygen atoms in total. The van der Waals surface area contributed by atoms with E-state index in [2.05, 4.69) is 4.98 Å². The van der Waals surface area contributed by atoms with E-state index in [0.717, 1.165) is 12.1 Å². The Labute approximate surface area is 104 Å². The molecule has 94 valence electrons. The average Bonchev–Trinajstić information content (AvgIpc) is 2.38. The number of hydrogen-bond donors (Lipinski definition) is 1. The van der Waals surface area contributed by atoms with E-state index in [-0.39, 0.29) is 11.5 Å². The first-order valence-electron chi connectivity index (χ1n) is 5.63. The van der Waals surface area contributed by atoms with Gasteiger partial charge in [-0.25, -0.2) is 8.78 Å². The summed E-state index contributed by atoms with van der Waals surface area (Å²) in [4.78, 5) is 4.12. The summed E-state index contributed by atoms with van der Waals surface area (Å²) in [5, 5.41) is 10.1. The molecule has 0 aliphatic rings. The lowest BCUT2D eigenvalue weighted by atomic mass is 9.94. The topological polar surface area (TPSA) is 33.1 Å². The van der Waals surface area contributed by atoms with Crippen molar-refractivity contribution in [3.05, 3.63) is 65.5 Å². The summed E-state index contributed by atoms with van der Waals surface area (Å²) in [6.07, 6.45) is 0.556. The van der Waals surface area contributed by atoms with Gasteiger partial charge in [-0.2, -0.15) is 0 Å². The van der Waals surface area contributed by atoms with Crippen LogP contribution in [-0.2, 0) is 0 Å². The van der Waals surface area contributed by atoms with Crippen LogP contribution in [0.3, 0.4) is 0 Å². The summed E-state index contributed by atoms with van der Waals surface area (Å²) in [7, 11) is 0. The Bertz CT molecular complexity index is 531. The molecule has 0 radical (unpaired) electrons. The van der Waals surface area contributed by atoms with Gasteiger partial charge in [0.05, 0.1) is 6.10 Å². The molecule has 2 aromatic rings. The number of benzene rings is 1. The fourth-order valence-corrected chi connectivity index (χ4v) is 1.82. The first-order chi connectivity index (χ1) is 8.59. The Morgan fingerprint density at radius 3 is 2.56 bits per heavy atom. The maximum atomic E-state index is 13.6. The summed E-state index contributed by atoms with van der Waals surface area (Å²) in [6.45, 7) is 1.75. The van der Waals surface area contributed by atoms with Crippen molar-refractivity contribution < 1.29 is 13.9 Å². The molecule has 0 spiro atoms. The van der Waals surface area contributed by atoms with Crippen molar-refractivity contribution in [3.63, 3.8) is 0 Å². The molecule has 1 aromatic carbocycles. The monoisotopic (exact) mass is 249 g/mol. The molecule has 1 aromatic heterocycles. The fourth-order valence-electron chi connectivity index (χ4n) is 1.82. The summed E-state index contributed by atoms with van der Waals surface area (Å²) < 4.78 is 26.4. The molecule has 0 fully saturated rings. The van der Waals surface area contributed by atoms with Crippen LogP contribution in [0.2, 0.25) is 0 Å². The minimum atomic E-state index is -1.06. The summed E-state index contributed by atoms with van der Waals surface area (Å²) in [5.74, 6) is -1.77. The number of aliphatic hydroxyl groups is 1. The van der Waals surface area contributed by atoms with E-state index in [9.17, 15) is 13.9 Å². The molecule has 1 heterocycles. The maximum Gasteiger partial charge on any atom is 0.131 e. The van der Waals surface area contributed by atoms with E-state index in [1.165, 1.54) is 6.07 Å². The van der Waals surface area contributed by atoms with Crippen LogP contribution >= 0.6 is 0 Å². The van der Waals surface area contributed by atoms with Gasteiger partial charge in [-0.3, -0.25) is 4.98 Å². The molecule has 0 saturated heterocycles. The van der Waals surface area contributed by atoms with Gasteiger partial charge in [0.15, 0.2) is 0 Å². The minimum absolute atomic E-state index is 0.0783. The molecule has 0 bridgehead atoms. The molecule has 0 aliphatic heterocycles. The lowest BCUT2D eigenvalue weighted by Crippen LogP contribution is -2.11. The van der Waals surface area contributed by atoms with Crippen LogP contribution in [0.4, 0.5) is 8.78 Å². The molecule has 18 heavy (non-hydrogen) atoms. The summed E-state index contributed by atoms with van der Waals surface area (Å²) in [6, 6.07) is 8.48. The van der Waals surface area contributed by atoms with Gasteiger partial charge in [0.25, 0.3) is 0 Å². The minimum Gasteiger partial charge on any atom is -0.388 e. The Morgan fingerprint density at radius 1 is 1.17 bits per heavy atom. The van der Waals surface area contributed by atoms with E-state index in [0.29, 0.717) is 5.69 Å². The normalized spacial score (nSPS) is 14.2. The van der Waals surface area contributed by atoms with E-state index < -0.39 is 17.7 Å². The van der Waals surface area contributed by atoms with Crippen molar-refractivity contribution in [1.29, 1.82) is 0 Å². The fraction of sp³-hybridized carbons (Fsp3) is 0.214. The van der Waals surface area contributed by atoms with Gasteiger partial charge in [-0.05, 0) is 18.2 Å². The van der Waals surface area contributed by atoms with Crippen LogP contribution in [0.15, 0.2) is 42.6 Å². The van der Waals surface area contributed by atoms with Crippen LogP contribution in [0.5, 0.6) is 0 Å². The highest BCUT2D eigenvalue weighted by molar-refractivity contribution is 5.24. The Balaban J connectivity index is 2.28. The third-order valence-corrected chi connectivity index (χ3v) is 2.91. The Morgan fingerprint density at radius 2 is 1.94 bits per heavy atom. The molecule has 0 aliphatic carbocycles. The average molecular weight is 249 g/mol. The number of hydrogen-bond acceptors (Lipinski definition) is 2. The highest BCUT2D eigenvalue weighted by atomic mass is 19.1. The lowest BCUT2D eigenvalue weighted by molar-refractivity contribution is 0.145. The van der Waals surface area contributed by atoms with E-state index in [4.69, 9.17) is 0 Å². The van der Waals surface area contributed by atoms with Gasteiger partial charge in [-0.1, -0.05) is 19.1 Å². The molecular formula is C14H13F2NO. The SMILES string of the molecule is CC(c1ccccn1)C(O)c1ccc(F)cc1F. The second-order valence-corrected chi connectivity index (χ2v) is 4.15. The van der Waals surface area contributed by atoms with Crippen LogP contribution in [0.1, 0.15) is 30.2 Å². The number of nitrogens with zero attached hydrogens (tertiary/aromatic N) is 1. The van der Waals surface area contributed by atoms with E-state index >= 15 is 0 Å². The number of pyridine rings is 1. The largest absolute Gasteiger partial charge is 0.388 e. The number of rotatable bonds is 3. The van der Waals surface area contributed by atoms with Gasteiger partial charge in [0.2, 0.25) is 0 Å². The van der Waals surface area contributed by atoms with Gasteiger partial charge in [0.1, 0.15) is 11.6 Å². The molecule has 0 amide bonds. The van der Waals surface area contributed by atoms with Gasteiger partial charge >= 0.3 is 0 Å². The van der Waals surface area contributed by atoms with Gasteiger partial charge in [0, 0.05) is 29.4 Å². The van der Waals surface area contributed by atoms with Crippen molar-refractivity contribution >= 4 is 0 Å². The highest BCUT2D eigenvalue weighted by Gasteiger charge is 2.22. The van der Waals surface area contributed by atoms with E-state index in [1.807, 2.05) is 0 Å². The van der Waals surface area contributed by atoms with Crippen molar-refractivity contribution in [2.75, 3.05) is 0 Å². The van der Waals surface area contributed by atoms with Crippen molar-refractivity contribution in [1.82, 2.24) is 4.98 Å². The highest BCUT2D eigenvalue weighted by Crippen LogP contribution is 2.30. The molecule has 0 saturated carbocycles. The zero-order valence-corrected chi connectivity index (χ0v) is 9.85. The third kappa shape index (κ3) is 2.54. The van der Waals surface area contributed by atoms with Crippen LogP contribution < -0.4 is 0 Å². The van der Waals surface area contributed by atoms with Crippen LogP contribution in [0.25, 0.3) is 0 Å². The predicted octanol–water partition coefficient (Wildman–Crippen LogP) is 3.20. The first-order valence-corrected chi connectivity index (χ1v) is 5.63. The van der Waals surface area contributed by atoms with Crippen LogP contribution in [0, 0.1) is 11.6 Å². The Kier molecular flexibility index (Phi) is 3.67. The van der Waals surface area contributed by atoms with Crippen molar-refractivity contribution in [3.8, 4) is 0 Å². The quantitative estimate of drug-likeness (QED) is 0.906. The standard InChI is InChI=1S/C14H13F2NO/c1-9(13-4-2-3-7-17-13)14(18)11-6-5-10(15)8-12(11)16/h2-9,14,18H,1H3. The van der Waals surface area contributed by atoms with Crippen LogP contribution in [-0.4, -0.2) is 10.1 Å². The molecule has 2 atom stereocenters. The lowest BCUT2D eigenvalue weighted by Gasteiger charge is -2.19. The zero-order chi connectivity index (χ0) is 13.1. The second kappa shape index (κ2) is 5.23. The third-order valence-electron chi connectivity index (χ3n) is 2.91. The Hall–Kier alpha value is -1.81. The second-order valence-electron chi connectivity index (χ2n) is 4.15. The number of halogens is 2. The molecule has 2 rings (SSSR count). The molecule has 2 unspecified atom stereocenters. The summed E-state index contributed by atoms with van der Waals surface area (Å²) in [5.41, 5.74) is 0.739. The first kappa shape index (κ1) is 12.6. The smallest absolute Gasteiger partial charge is 0.131 e. The predicted molar refractivity (Wildman–Crippen MR) is 64.0 cm³/mol. The molecule has 4 heteroatoms.